The predicted molar refractivity (Wildman–Crippen MR) is 80.2 cm³/mol. The lowest BCUT2D eigenvalue weighted by atomic mass is 10.0. The molecular formula is C15H28N2O4. The highest BCUT2D eigenvalue weighted by atomic mass is 16.5. The number of nitrogens with zero attached hydrogens (tertiary/aromatic N) is 1. The summed E-state index contributed by atoms with van der Waals surface area (Å²) in [5.74, 6) is -0.236. The quantitative estimate of drug-likeness (QED) is 0.754. The predicted octanol–water partition coefficient (Wildman–Crippen LogP) is 2.09. The molecule has 1 heterocycles. The maximum atomic E-state index is 12.3. The molecule has 0 spiro atoms. The van der Waals surface area contributed by atoms with Crippen molar-refractivity contribution in [3.63, 3.8) is 0 Å². The van der Waals surface area contributed by atoms with Gasteiger partial charge in [0.25, 0.3) is 0 Å². The molecule has 6 nitrogen and oxygen atoms in total. The fourth-order valence-electron chi connectivity index (χ4n) is 2.49. The third kappa shape index (κ3) is 6.80. The van der Waals surface area contributed by atoms with E-state index < -0.39 is 5.97 Å². The standard InChI is InChI=1S/C15H28N2O4/c1-11(2)5-4-6-12(3)16-15(20)17-7-8-21-10-13(17)9-14(18)19/h11-13H,4-10H2,1-3H3,(H,16,20)(H,18,19). The largest absolute Gasteiger partial charge is 0.481 e. The molecule has 6 heteroatoms. The molecule has 0 bridgehead atoms. The molecule has 0 saturated carbocycles. The molecule has 1 fully saturated rings. The number of carboxylic acid groups (broad SMARTS) is 1. The average molecular weight is 300 g/mol. The number of ether oxygens (including phenoxy) is 1. The number of carbonyl (C=O) groups is 2. The molecule has 0 aromatic heterocycles. The second kappa shape index (κ2) is 8.87. The molecule has 21 heavy (non-hydrogen) atoms. The molecular weight excluding hydrogens is 272 g/mol. The lowest BCUT2D eigenvalue weighted by Gasteiger charge is -2.35. The normalized spacial score (nSPS) is 20.4. The SMILES string of the molecule is CC(C)CCCC(C)NC(=O)N1CCOCC1CC(=O)O. The zero-order valence-electron chi connectivity index (χ0n) is 13.3. The second-order valence-electron chi connectivity index (χ2n) is 6.20. The van der Waals surface area contributed by atoms with Crippen molar-refractivity contribution >= 4 is 12.0 Å². The van der Waals surface area contributed by atoms with Crippen LogP contribution in [0.1, 0.15) is 46.5 Å². The summed E-state index contributed by atoms with van der Waals surface area (Å²) < 4.78 is 5.27. The number of carbonyl (C=O) groups excluding carboxylic acids is 1. The summed E-state index contributed by atoms with van der Waals surface area (Å²) in [6.45, 7) is 7.57. The molecule has 122 valence electrons. The summed E-state index contributed by atoms with van der Waals surface area (Å²) in [4.78, 5) is 24.7. The number of rotatable bonds is 7. The van der Waals surface area contributed by atoms with E-state index >= 15 is 0 Å². The van der Waals surface area contributed by atoms with Crippen molar-refractivity contribution < 1.29 is 19.4 Å². The van der Waals surface area contributed by atoms with E-state index in [0.29, 0.717) is 25.7 Å². The van der Waals surface area contributed by atoms with Crippen LogP contribution in [-0.4, -0.2) is 53.8 Å². The third-order valence-corrected chi connectivity index (χ3v) is 3.69. The molecule has 0 aromatic carbocycles. The van der Waals surface area contributed by atoms with Crippen LogP contribution in [0.15, 0.2) is 0 Å². The van der Waals surface area contributed by atoms with Crippen molar-refractivity contribution in [3.8, 4) is 0 Å². The van der Waals surface area contributed by atoms with Crippen LogP contribution in [0.2, 0.25) is 0 Å². The maximum absolute atomic E-state index is 12.3. The number of carboxylic acids is 1. The summed E-state index contributed by atoms with van der Waals surface area (Å²) in [7, 11) is 0. The Bertz CT molecular complexity index is 347. The fraction of sp³-hybridized carbons (Fsp3) is 0.867. The van der Waals surface area contributed by atoms with Crippen molar-refractivity contribution in [2.45, 2.75) is 58.5 Å². The van der Waals surface area contributed by atoms with Crippen molar-refractivity contribution in [1.29, 1.82) is 0 Å². The lowest BCUT2D eigenvalue weighted by Crippen LogP contribution is -2.54. The van der Waals surface area contributed by atoms with Gasteiger partial charge in [0.05, 0.1) is 25.7 Å². The highest BCUT2D eigenvalue weighted by Gasteiger charge is 2.29. The number of urea groups is 1. The Hall–Kier alpha value is -1.30. The Morgan fingerprint density at radius 3 is 2.67 bits per heavy atom. The van der Waals surface area contributed by atoms with Crippen molar-refractivity contribution in [2.24, 2.45) is 5.92 Å². The molecule has 1 aliphatic heterocycles. The van der Waals surface area contributed by atoms with Crippen LogP contribution in [0.25, 0.3) is 0 Å². The first kappa shape index (κ1) is 17.8. The molecule has 2 N–H and O–H groups in total. The van der Waals surface area contributed by atoms with Gasteiger partial charge in [-0.2, -0.15) is 0 Å². The summed E-state index contributed by atoms with van der Waals surface area (Å²) in [6, 6.07) is -0.453. The van der Waals surface area contributed by atoms with Crippen molar-refractivity contribution in [1.82, 2.24) is 10.2 Å². The van der Waals surface area contributed by atoms with Gasteiger partial charge in [-0.05, 0) is 19.3 Å². The zero-order chi connectivity index (χ0) is 15.8. The minimum Gasteiger partial charge on any atom is -0.481 e. The summed E-state index contributed by atoms with van der Waals surface area (Å²) in [5.41, 5.74) is 0. The number of morpholine rings is 1. The number of amides is 2. The number of hydrogen-bond donors (Lipinski definition) is 2. The topological polar surface area (TPSA) is 78.9 Å². The van der Waals surface area contributed by atoms with Crippen LogP contribution in [0.4, 0.5) is 4.79 Å². The lowest BCUT2D eigenvalue weighted by molar-refractivity contribution is -0.139. The van der Waals surface area contributed by atoms with E-state index in [9.17, 15) is 9.59 Å². The van der Waals surface area contributed by atoms with Crippen LogP contribution in [0, 0.1) is 5.92 Å². The Balaban J connectivity index is 2.42. The Labute approximate surface area is 126 Å². The second-order valence-corrected chi connectivity index (χ2v) is 6.20. The number of hydrogen-bond acceptors (Lipinski definition) is 3. The monoisotopic (exact) mass is 300 g/mol. The number of aliphatic carboxylic acids is 1. The van der Waals surface area contributed by atoms with Crippen molar-refractivity contribution in [2.75, 3.05) is 19.8 Å². The Morgan fingerprint density at radius 2 is 2.05 bits per heavy atom. The van der Waals surface area contributed by atoms with Crippen LogP contribution in [0.5, 0.6) is 0 Å². The zero-order valence-corrected chi connectivity index (χ0v) is 13.3. The molecule has 2 unspecified atom stereocenters. The molecule has 2 atom stereocenters. The van der Waals surface area contributed by atoms with E-state index in [4.69, 9.17) is 9.84 Å². The van der Waals surface area contributed by atoms with Crippen LogP contribution >= 0.6 is 0 Å². The third-order valence-electron chi connectivity index (χ3n) is 3.69. The van der Waals surface area contributed by atoms with Crippen molar-refractivity contribution in [3.05, 3.63) is 0 Å². The summed E-state index contributed by atoms with van der Waals surface area (Å²) >= 11 is 0. The van der Waals surface area contributed by atoms with Gasteiger partial charge in [-0.25, -0.2) is 4.79 Å². The van der Waals surface area contributed by atoms with Crippen LogP contribution in [0.3, 0.4) is 0 Å². The number of nitrogens with one attached hydrogen (secondary N) is 1. The van der Waals surface area contributed by atoms with E-state index in [1.54, 1.807) is 4.90 Å². The van der Waals surface area contributed by atoms with E-state index in [1.165, 1.54) is 0 Å². The molecule has 1 saturated heterocycles. The van der Waals surface area contributed by atoms with Gasteiger partial charge in [0.1, 0.15) is 0 Å². The van der Waals surface area contributed by atoms with Gasteiger partial charge in [-0.3, -0.25) is 4.79 Å². The van der Waals surface area contributed by atoms with E-state index in [1.807, 2.05) is 6.92 Å². The minimum atomic E-state index is -0.909. The molecule has 0 aromatic rings. The van der Waals surface area contributed by atoms with Gasteiger partial charge in [0.2, 0.25) is 0 Å². The van der Waals surface area contributed by atoms with Gasteiger partial charge in [-0.15, -0.1) is 0 Å². The van der Waals surface area contributed by atoms with Gasteiger partial charge in [0.15, 0.2) is 0 Å². The highest BCUT2D eigenvalue weighted by Crippen LogP contribution is 2.12. The van der Waals surface area contributed by atoms with Gasteiger partial charge in [-0.1, -0.05) is 26.7 Å². The molecule has 0 aliphatic carbocycles. The Morgan fingerprint density at radius 1 is 1.33 bits per heavy atom. The van der Waals surface area contributed by atoms with Gasteiger partial charge < -0.3 is 20.1 Å². The summed E-state index contributed by atoms with van der Waals surface area (Å²) in [6.07, 6.45) is 3.10. The smallest absolute Gasteiger partial charge is 0.318 e. The van der Waals surface area contributed by atoms with E-state index in [-0.39, 0.29) is 24.5 Å². The highest BCUT2D eigenvalue weighted by molar-refractivity contribution is 5.76. The minimum absolute atomic E-state index is 0.0743. The molecule has 0 radical (unpaired) electrons. The molecule has 2 amide bonds. The first-order valence-electron chi connectivity index (χ1n) is 7.76. The maximum Gasteiger partial charge on any atom is 0.318 e. The van der Waals surface area contributed by atoms with E-state index in [0.717, 1.165) is 19.3 Å². The Kier molecular flexibility index (Phi) is 7.50. The van der Waals surface area contributed by atoms with Crippen LogP contribution in [-0.2, 0) is 9.53 Å². The van der Waals surface area contributed by atoms with E-state index in [2.05, 4.69) is 19.2 Å². The van der Waals surface area contributed by atoms with Gasteiger partial charge in [0, 0.05) is 12.6 Å². The first-order chi connectivity index (χ1) is 9.90. The van der Waals surface area contributed by atoms with Crippen LogP contribution < -0.4 is 5.32 Å². The average Bonchev–Trinajstić information content (AvgIpc) is 2.37. The molecule has 1 rings (SSSR count). The summed E-state index contributed by atoms with van der Waals surface area (Å²) in [5, 5.41) is 11.9. The van der Waals surface area contributed by atoms with Gasteiger partial charge >= 0.3 is 12.0 Å². The molecule has 1 aliphatic rings. The first-order valence-corrected chi connectivity index (χ1v) is 7.76. The fourth-order valence-corrected chi connectivity index (χ4v) is 2.49.